The normalized spacial score (nSPS) is 10.6. The number of benzene rings is 2. The van der Waals surface area contributed by atoms with E-state index in [1.54, 1.807) is 31.4 Å². The van der Waals surface area contributed by atoms with E-state index in [0.29, 0.717) is 16.5 Å². The van der Waals surface area contributed by atoms with Crippen molar-refractivity contribution in [3.8, 4) is 17.1 Å². The number of aromatic nitrogens is 3. The molecule has 0 saturated carbocycles. The summed E-state index contributed by atoms with van der Waals surface area (Å²) >= 11 is 1.36. The van der Waals surface area contributed by atoms with Crippen molar-refractivity contribution in [3.63, 3.8) is 0 Å². The Hall–Kier alpha value is -3.33. The number of carbonyl (C=O) groups excluding carboxylic acids is 2. The highest BCUT2D eigenvalue weighted by atomic mass is 32.2. The van der Waals surface area contributed by atoms with Crippen molar-refractivity contribution >= 4 is 35.0 Å². The molecule has 1 aromatic heterocycles. The lowest BCUT2D eigenvalue weighted by atomic mass is 10.2. The van der Waals surface area contributed by atoms with Crippen molar-refractivity contribution in [1.29, 1.82) is 0 Å². The van der Waals surface area contributed by atoms with E-state index in [2.05, 4.69) is 32.3 Å². The molecule has 0 saturated heterocycles. The summed E-state index contributed by atoms with van der Waals surface area (Å²) in [5.41, 5.74) is 2.29. The minimum absolute atomic E-state index is 0.139. The van der Waals surface area contributed by atoms with Gasteiger partial charge in [-0.1, -0.05) is 25.1 Å². The van der Waals surface area contributed by atoms with E-state index in [9.17, 15) is 9.59 Å². The molecule has 168 valence electrons. The number of nitrogens with zero attached hydrogens (tertiary/aromatic N) is 3. The van der Waals surface area contributed by atoms with Crippen LogP contribution in [0.15, 0.2) is 53.7 Å². The molecule has 9 heteroatoms. The molecular formula is C23H27N5O3S. The summed E-state index contributed by atoms with van der Waals surface area (Å²) in [6, 6.07) is 14.7. The van der Waals surface area contributed by atoms with Crippen LogP contribution >= 0.6 is 11.8 Å². The zero-order valence-electron chi connectivity index (χ0n) is 18.4. The van der Waals surface area contributed by atoms with Crippen LogP contribution in [0.5, 0.6) is 5.75 Å². The number of amides is 2. The zero-order chi connectivity index (χ0) is 22.9. The van der Waals surface area contributed by atoms with Gasteiger partial charge in [0.15, 0.2) is 11.0 Å². The molecule has 0 atom stereocenters. The minimum atomic E-state index is -0.140. The minimum Gasteiger partial charge on any atom is -0.497 e. The Bertz CT molecular complexity index is 1050. The topological polar surface area (TPSA) is 98.1 Å². The largest absolute Gasteiger partial charge is 0.497 e. The second-order valence-electron chi connectivity index (χ2n) is 7.14. The van der Waals surface area contributed by atoms with Gasteiger partial charge >= 0.3 is 0 Å². The summed E-state index contributed by atoms with van der Waals surface area (Å²) in [6.07, 6.45) is 2.03. The highest BCUT2D eigenvalue weighted by Crippen LogP contribution is 2.26. The van der Waals surface area contributed by atoms with Crippen molar-refractivity contribution < 1.29 is 14.3 Å². The Kier molecular flexibility index (Phi) is 8.27. The number of ether oxygens (including phenoxy) is 1. The van der Waals surface area contributed by atoms with Crippen molar-refractivity contribution in [2.24, 2.45) is 0 Å². The van der Waals surface area contributed by atoms with Crippen molar-refractivity contribution in [2.45, 2.75) is 38.4 Å². The number of methoxy groups -OCH3 is 1. The Morgan fingerprint density at radius 3 is 2.25 bits per heavy atom. The van der Waals surface area contributed by atoms with E-state index < -0.39 is 0 Å². The molecule has 0 aliphatic rings. The molecule has 2 amide bonds. The second kappa shape index (κ2) is 11.3. The molecule has 0 unspecified atom stereocenters. The van der Waals surface area contributed by atoms with E-state index >= 15 is 0 Å². The lowest BCUT2D eigenvalue weighted by Crippen LogP contribution is -2.15. The number of hydrogen-bond acceptors (Lipinski definition) is 6. The Labute approximate surface area is 191 Å². The van der Waals surface area contributed by atoms with Gasteiger partial charge in [0.2, 0.25) is 11.8 Å². The molecule has 0 radical (unpaired) electrons. The highest BCUT2D eigenvalue weighted by Gasteiger charge is 2.16. The maximum absolute atomic E-state index is 12.4. The molecule has 1 heterocycles. The van der Waals surface area contributed by atoms with Crippen LogP contribution in [0.25, 0.3) is 11.4 Å². The Morgan fingerprint density at radius 2 is 1.66 bits per heavy atom. The quantitative estimate of drug-likeness (QED) is 0.440. The zero-order valence-corrected chi connectivity index (χ0v) is 19.2. The molecule has 0 bridgehead atoms. The average Bonchev–Trinajstić information content (AvgIpc) is 3.20. The molecule has 2 N–H and O–H groups in total. The maximum atomic E-state index is 12.4. The van der Waals surface area contributed by atoms with Gasteiger partial charge in [-0.25, -0.2) is 0 Å². The predicted molar refractivity (Wildman–Crippen MR) is 127 cm³/mol. The van der Waals surface area contributed by atoms with Crippen LogP contribution in [-0.2, 0) is 16.1 Å². The van der Waals surface area contributed by atoms with Crippen molar-refractivity contribution in [2.75, 3.05) is 23.5 Å². The van der Waals surface area contributed by atoms with Gasteiger partial charge in [0.1, 0.15) is 5.75 Å². The summed E-state index contributed by atoms with van der Waals surface area (Å²) in [5, 5.41) is 15.0. The summed E-state index contributed by atoms with van der Waals surface area (Å²) in [6.45, 7) is 4.36. The van der Waals surface area contributed by atoms with Gasteiger partial charge in [-0.05, 0) is 55.0 Å². The first-order chi connectivity index (χ1) is 15.5. The highest BCUT2D eigenvalue weighted by molar-refractivity contribution is 7.99. The lowest BCUT2D eigenvalue weighted by Gasteiger charge is -2.10. The van der Waals surface area contributed by atoms with Gasteiger partial charge in [0.25, 0.3) is 0 Å². The number of anilines is 2. The monoisotopic (exact) mass is 453 g/mol. The first kappa shape index (κ1) is 23.3. The average molecular weight is 454 g/mol. The predicted octanol–water partition coefficient (Wildman–Crippen LogP) is 4.44. The van der Waals surface area contributed by atoms with Gasteiger partial charge in [-0.2, -0.15) is 0 Å². The SMILES string of the molecule is CCCCn1c(SCC(=O)Nc2ccc(NC(C)=O)cc2)nnc1-c1ccc(OC)cc1. The summed E-state index contributed by atoms with van der Waals surface area (Å²) < 4.78 is 7.29. The van der Waals surface area contributed by atoms with Crippen LogP contribution in [-0.4, -0.2) is 39.4 Å². The number of unbranched alkanes of at least 4 members (excludes halogenated alkanes) is 1. The lowest BCUT2D eigenvalue weighted by molar-refractivity contribution is -0.114. The van der Waals surface area contributed by atoms with Gasteiger partial charge in [-0.3, -0.25) is 9.59 Å². The third-order valence-electron chi connectivity index (χ3n) is 4.62. The summed E-state index contributed by atoms with van der Waals surface area (Å²) in [7, 11) is 1.63. The standard InChI is InChI=1S/C23H27N5O3S/c1-4-5-14-28-22(17-6-12-20(31-3)13-7-17)26-27-23(28)32-15-21(30)25-19-10-8-18(9-11-19)24-16(2)29/h6-13H,4-5,14-15H2,1-3H3,(H,24,29)(H,25,30). The fourth-order valence-electron chi connectivity index (χ4n) is 3.03. The van der Waals surface area contributed by atoms with E-state index in [0.717, 1.165) is 36.5 Å². The van der Waals surface area contributed by atoms with Crippen molar-refractivity contribution in [1.82, 2.24) is 14.8 Å². The van der Waals surface area contributed by atoms with Crippen LogP contribution in [0.1, 0.15) is 26.7 Å². The van der Waals surface area contributed by atoms with Crippen molar-refractivity contribution in [3.05, 3.63) is 48.5 Å². The van der Waals surface area contributed by atoms with Crippen LogP contribution in [0.4, 0.5) is 11.4 Å². The molecule has 0 aliphatic carbocycles. The first-order valence-corrected chi connectivity index (χ1v) is 11.4. The fraction of sp³-hybridized carbons (Fsp3) is 0.304. The number of rotatable bonds is 10. The molecular weight excluding hydrogens is 426 g/mol. The third kappa shape index (κ3) is 6.34. The Balaban J connectivity index is 1.66. The molecule has 0 spiro atoms. The van der Waals surface area contributed by atoms with Gasteiger partial charge in [-0.15, -0.1) is 10.2 Å². The number of carbonyl (C=O) groups is 2. The molecule has 32 heavy (non-hydrogen) atoms. The second-order valence-corrected chi connectivity index (χ2v) is 8.08. The number of nitrogens with one attached hydrogen (secondary N) is 2. The smallest absolute Gasteiger partial charge is 0.234 e. The number of hydrogen-bond donors (Lipinski definition) is 2. The number of thioether (sulfide) groups is 1. The van der Waals surface area contributed by atoms with Crippen LogP contribution in [0, 0.1) is 0 Å². The third-order valence-corrected chi connectivity index (χ3v) is 5.59. The molecule has 3 rings (SSSR count). The van der Waals surface area contributed by atoms with Crippen LogP contribution < -0.4 is 15.4 Å². The van der Waals surface area contributed by atoms with Gasteiger partial charge in [0.05, 0.1) is 12.9 Å². The van der Waals surface area contributed by atoms with Gasteiger partial charge in [0, 0.05) is 30.4 Å². The van der Waals surface area contributed by atoms with Gasteiger partial charge < -0.3 is 19.9 Å². The molecule has 0 fully saturated rings. The molecule has 3 aromatic rings. The van der Waals surface area contributed by atoms with Crippen LogP contribution in [0.3, 0.4) is 0 Å². The van der Waals surface area contributed by atoms with Crippen LogP contribution in [0.2, 0.25) is 0 Å². The maximum Gasteiger partial charge on any atom is 0.234 e. The summed E-state index contributed by atoms with van der Waals surface area (Å²) in [4.78, 5) is 23.6. The van der Waals surface area contributed by atoms with E-state index in [4.69, 9.17) is 4.74 Å². The molecule has 0 aliphatic heterocycles. The van der Waals surface area contributed by atoms with E-state index in [1.165, 1.54) is 18.7 Å². The fourth-order valence-corrected chi connectivity index (χ4v) is 3.80. The Morgan fingerprint density at radius 1 is 1.00 bits per heavy atom. The molecule has 8 nitrogen and oxygen atoms in total. The first-order valence-electron chi connectivity index (χ1n) is 10.4. The summed E-state index contributed by atoms with van der Waals surface area (Å²) in [5.74, 6) is 1.49. The van der Waals surface area contributed by atoms with E-state index in [1.807, 2.05) is 24.3 Å². The molecule has 2 aromatic carbocycles. The van der Waals surface area contributed by atoms with E-state index in [-0.39, 0.29) is 17.6 Å².